The van der Waals surface area contributed by atoms with E-state index in [0.29, 0.717) is 0 Å². The highest BCUT2D eigenvalue weighted by Crippen LogP contribution is 2.08. The zero-order valence-electron chi connectivity index (χ0n) is 15.9. The van der Waals surface area contributed by atoms with Crippen molar-refractivity contribution in [3.8, 4) is 0 Å². The van der Waals surface area contributed by atoms with Crippen molar-refractivity contribution in [3.05, 3.63) is 60.7 Å². The number of benzene rings is 2. The third-order valence-corrected chi connectivity index (χ3v) is 11.4. The van der Waals surface area contributed by atoms with E-state index in [1.54, 1.807) is 0 Å². The van der Waals surface area contributed by atoms with Crippen molar-refractivity contribution in [2.24, 2.45) is 0 Å². The Morgan fingerprint density at radius 3 is 1.36 bits per heavy atom. The molecule has 3 nitrogen and oxygen atoms in total. The molecule has 0 aliphatic carbocycles. The molecule has 5 heteroatoms. The summed E-state index contributed by atoms with van der Waals surface area (Å²) >= 11 is 0. The number of hydrogen-bond acceptors (Lipinski definition) is 3. The molecule has 1 N–H and O–H groups in total. The van der Waals surface area contributed by atoms with Gasteiger partial charge in [0, 0.05) is 25.5 Å². The van der Waals surface area contributed by atoms with Gasteiger partial charge in [-0.3, -0.25) is 0 Å². The molecule has 25 heavy (non-hydrogen) atoms. The highest BCUT2D eigenvalue weighted by molar-refractivity contribution is 6.87. The van der Waals surface area contributed by atoms with Crippen LogP contribution >= 0.6 is 0 Å². The van der Waals surface area contributed by atoms with Crippen LogP contribution in [-0.4, -0.2) is 42.2 Å². The van der Waals surface area contributed by atoms with Gasteiger partial charge in [-0.15, -0.1) is 0 Å². The van der Waals surface area contributed by atoms with Gasteiger partial charge in [0.2, 0.25) is 16.6 Å². The first kappa shape index (κ1) is 20.1. The van der Waals surface area contributed by atoms with E-state index in [0.717, 1.165) is 25.5 Å². The van der Waals surface area contributed by atoms with Crippen molar-refractivity contribution in [1.82, 2.24) is 5.32 Å². The Kier molecular flexibility index (Phi) is 7.59. The van der Waals surface area contributed by atoms with E-state index in [1.165, 1.54) is 10.4 Å². The van der Waals surface area contributed by atoms with Crippen LogP contribution in [0, 0.1) is 0 Å². The van der Waals surface area contributed by atoms with Crippen molar-refractivity contribution in [1.29, 1.82) is 0 Å². The largest absolute Gasteiger partial charge is 0.412 e. The summed E-state index contributed by atoms with van der Waals surface area (Å²) in [4.78, 5) is 0. The molecule has 0 heterocycles. The Morgan fingerprint density at radius 1 is 0.680 bits per heavy atom. The van der Waals surface area contributed by atoms with Crippen molar-refractivity contribution in [2.45, 2.75) is 26.9 Å². The SMILES string of the molecule is CCO[Si](C)(CNC[Si](C)(OCC)c1ccccc1)c1ccccc1. The van der Waals surface area contributed by atoms with Gasteiger partial charge in [-0.2, -0.15) is 0 Å². The van der Waals surface area contributed by atoms with E-state index in [2.05, 4.69) is 92.9 Å². The molecule has 0 saturated heterocycles. The molecule has 136 valence electrons. The third-order valence-electron chi connectivity index (χ3n) is 4.62. The lowest BCUT2D eigenvalue weighted by molar-refractivity contribution is 0.326. The van der Waals surface area contributed by atoms with Gasteiger partial charge < -0.3 is 14.2 Å². The van der Waals surface area contributed by atoms with Crippen LogP contribution in [0.1, 0.15) is 13.8 Å². The quantitative estimate of drug-likeness (QED) is 0.650. The van der Waals surface area contributed by atoms with Crippen molar-refractivity contribution < 1.29 is 8.85 Å². The van der Waals surface area contributed by atoms with E-state index in [1.807, 2.05) is 0 Å². The fourth-order valence-corrected chi connectivity index (χ4v) is 8.70. The Balaban J connectivity index is 2.09. The molecule has 0 aromatic heterocycles. The van der Waals surface area contributed by atoms with Crippen molar-refractivity contribution >= 4 is 27.0 Å². The fourth-order valence-electron chi connectivity index (χ4n) is 3.23. The van der Waals surface area contributed by atoms with Gasteiger partial charge in [0.25, 0.3) is 0 Å². The zero-order chi connectivity index (χ0) is 18.2. The maximum Gasteiger partial charge on any atom is 0.234 e. The van der Waals surface area contributed by atoms with Crippen LogP contribution in [0.4, 0.5) is 0 Å². The minimum Gasteiger partial charge on any atom is -0.412 e. The van der Waals surface area contributed by atoms with Gasteiger partial charge in [-0.25, -0.2) is 0 Å². The summed E-state index contributed by atoms with van der Waals surface area (Å²) in [5.41, 5.74) is 0. The van der Waals surface area contributed by atoms with Crippen LogP contribution in [-0.2, 0) is 8.85 Å². The first-order valence-electron chi connectivity index (χ1n) is 9.14. The number of rotatable bonds is 10. The van der Waals surface area contributed by atoms with E-state index in [9.17, 15) is 0 Å². The Bertz CT molecular complexity index is 571. The predicted molar refractivity (Wildman–Crippen MR) is 112 cm³/mol. The second-order valence-electron chi connectivity index (χ2n) is 6.66. The molecule has 0 amide bonds. The average molecular weight is 374 g/mol. The highest BCUT2D eigenvalue weighted by atomic mass is 28.4. The lowest BCUT2D eigenvalue weighted by atomic mass is 10.4. The molecule has 0 spiro atoms. The fraction of sp³-hybridized carbons (Fsp3) is 0.400. The molecule has 2 rings (SSSR count). The van der Waals surface area contributed by atoms with Crippen LogP contribution in [0.15, 0.2) is 60.7 Å². The van der Waals surface area contributed by atoms with E-state index >= 15 is 0 Å². The van der Waals surface area contributed by atoms with E-state index in [4.69, 9.17) is 8.85 Å². The Labute approximate surface area is 154 Å². The summed E-state index contributed by atoms with van der Waals surface area (Å²) in [6.45, 7) is 10.2. The smallest absolute Gasteiger partial charge is 0.234 e. The van der Waals surface area contributed by atoms with E-state index < -0.39 is 16.6 Å². The lowest BCUT2D eigenvalue weighted by Crippen LogP contribution is -2.61. The molecular formula is C20H31NO2Si2. The third kappa shape index (κ3) is 5.36. The summed E-state index contributed by atoms with van der Waals surface area (Å²) in [5, 5.41) is 6.38. The topological polar surface area (TPSA) is 30.5 Å². The Morgan fingerprint density at radius 2 is 1.04 bits per heavy atom. The summed E-state index contributed by atoms with van der Waals surface area (Å²) in [6, 6.07) is 21.3. The summed E-state index contributed by atoms with van der Waals surface area (Å²) in [5.74, 6) is 0. The molecule has 0 saturated carbocycles. The van der Waals surface area contributed by atoms with Crippen molar-refractivity contribution in [3.63, 3.8) is 0 Å². The first-order valence-corrected chi connectivity index (χ1v) is 14.4. The van der Waals surface area contributed by atoms with Crippen LogP contribution in [0.25, 0.3) is 0 Å². The van der Waals surface area contributed by atoms with Crippen LogP contribution in [0.5, 0.6) is 0 Å². The molecule has 2 aromatic carbocycles. The highest BCUT2D eigenvalue weighted by Gasteiger charge is 2.35. The molecule has 0 aliphatic heterocycles. The maximum atomic E-state index is 6.25. The second-order valence-corrected chi connectivity index (χ2v) is 14.0. The van der Waals surface area contributed by atoms with Gasteiger partial charge in [0.05, 0.1) is 0 Å². The molecule has 0 aliphatic rings. The predicted octanol–water partition coefficient (Wildman–Crippen LogP) is 2.69. The summed E-state index contributed by atoms with van der Waals surface area (Å²) in [6.07, 6.45) is 1.79. The normalized spacial score (nSPS) is 16.2. The molecule has 0 bridgehead atoms. The zero-order valence-corrected chi connectivity index (χ0v) is 17.9. The molecule has 2 unspecified atom stereocenters. The Hall–Kier alpha value is -1.25. The average Bonchev–Trinajstić information content (AvgIpc) is 2.64. The standard InChI is InChI=1S/C20H31NO2Si2/c1-5-22-24(3,19-13-9-7-10-14-19)17-21-18-25(4,23-6-2)20-15-11-8-12-16-20/h7-16,21H,5-6,17-18H2,1-4H3. The van der Waals surface area contributed by atoms with E-state index in [-0.39, 0.29) is 0 Å². The van der Waals surface area contributed by atoms with Gasteiger partial charge in [-0.1, -0.05) is 60.7 Å². The van der Waals surface area contributed by atoms with Gasteiger partial charge in [0.15, 0.2) is 0 Å². The molecule has 0 fully saturated rings. The van der Waals surface area contributed by atoms with Gasteiger partial charge >= 0.3 is 0 Å². The summed E-state index contributed by atoms with van der Waals surface area (Å²) < 4.78 is 12.5. The molecule has 2 aromatic rings. The molecular weight excluding hydrogens is 342 g/mol. The molecule has 0 radical (unpaired) electrons. The number of hydrogen-bond donors (Lipinski definition) is 1. The maximum absolute atomic E-state index is 6.25. The summed E-state index contributed by atoms with van der Waals surface area (Å²) in [7, 11) is -3.99. The van der Waals surface area contributed by atoms with Gasteiger partial charge in [0.1, 0.15) is 0 Å². The lowest BCUT2D eigenvalue weighted by Gasteiger charge is -2.32. The van der Waals surface area contributed by atoms with Crippen molar-refractivity contribution in [2.75, 3.05) is 25.5 Å². The first-order chi connectivity index (χ1) is 12.0. The number of nitrogens with one attached hydrogen (secondary N) is 1. The minimum atomic E-state index is -1.99. The molecule has 2 atom stereocenters. The second kappa shape index (κ2) is 9.45. The monoisotopic (exact) mass is 373 g/mol. The van der Waals surface area contributed by atoms with Crippen LogP contribution in [0.2, 0.25) is 13.1 Å². The van der Waals surface area contributed by atoms with Gasteiger partial charge in [-0.05, 0) is 37.3 Å². The minimum absolute atomic E-state index is 0.748. The van der Waals surface area contributed by atoms with Crippen LogP contribution in [0.3, 0.4) is 0 Å². The van der Waals surface area contributed by atoms with Crippen LogP contribution < -0.4 is 15.7 Å².